The largest absolute Gasteiger partial charge is 0.337 e. The number of carbonyl (C=O) groups is 1. The van der Waals surface area contributed by atoms with Gasteiger partial charge in [-0.25, -0.2) is 4.98 Å². The van der Waals surface area contributed by atoms with E-state index in [-0.39, 0.29) is 18.0 Å². The third kappa shape index (κ3) is 3.05. The topological polar surface area (TPSA) is 73.0 Å². The molecular formula is C17H19N5O2. The number of rotatable bonds is 5. The average molecular weight is 325 g/mol. The summed E-state index contributed by atoms with van der Waals surface area (Å²) in [6, 6.07) is 9.78. The van der Waals surface area contributed by atoms with Gasteiger partial charge in [0.25, 0.3) is 5.56 Å². The average Bonchev–Trinajstić information content (AvgIpc) is 2.98. The summed E-state index contributed by atoms with van der Waals surface area (Å²) in [7, 11) is 1.73. The zero-order valence-corrected chi connectivity index (χ0v) is 13.7. The van der Waals surface area contributed by atoms with Gasteiger partial charge in [-0.2, -0.15) is 5.10 Å². The van der Waals surface area contributed by atoms with Crippen LogP contribution in [0.15, 0.2) is 47.7 Å². The summed E-state index contributed by atoms with van der Waals surface area (Å²) >= 11 is 0. The van der Waals surface area contributed by atoms with Crippen LogP contribution in [0.25, 0.3) is 11.0 Å². The molecule has 24 heavy (non-hydrogen) atoms. The van der Waals surface area contributed by atoms with E-state index in [1.165, 1.54) is 21.8 Å². The molecule has 0 aliphatic carbocycles. The van der Waals surface area contributed by atoms with Crippen LogP contribution < -0.4 is 5.56 Å². The van der Waals surface area contributed by atoms with Crippen molar-refractivity contribution in [3.63, 3.8) is 0 Å². The maximum absolute atomic E-state index is 12.6. The molecule has 3 aromatic rings. The van der Waals surface area contributed by atoms with E-state index in [9.17, 15) is 9.59 Å². The third-order valence-corrected chi connectivity index (χ3v) is 3.97. The fourth-order valence-corrected chi connectivity index (χ4v) is 2.61. The van der Waals surface area contributed by atoms with E-state index in [0.29, 0.717) is 24.1 Å². The van der Waals surface area contributed by atoms with Crippen LogP contribution in [0, 0.1) is 0 Å². The first-order chi connectivity index (χ1) is 11.6. The molecule has 0 radical (unpaired) electrons. The molecule has 0 N–H and O–H groups in total. The van der Waals surface area contributed by atoms with Crippen LogP contribution in [0.4, 0.5) is 0 Å². The molecular weight excluding hydrogens is 306 g/mol. The molecule has 0 unspecified atom stereocenters. The standard InChI is InChI=1S/C17H19N5O2/c1-3-21(10-13-7-5-4-6-8-13)15(23)11-22-12-18-16-14(17(22)24)9-19-20(16)2/h4-9,12H,3,10-11H2,1-2H3. The fourth-order valence-electron chi connectivity index (χ4n) is 2.61. The van der Waals surface area contributed by atoms with E-state index in [1.54, 1.807) is 11.9 Å². The zero-order valence-electron chi connectivity index (χ0n) is 13.7. The molecule has 0 saturated carbocycles. The molecule has 0 spiro atoms. The number of aryl methyl sites for hydroxylation is 1. The van der Waals surface area contributed by atoms with E-state index >= 15 is 0 Å². The van der Waals surface area contributed by atoms with Gasteiger partial charge in [-0.15, -0.1) is 0 Å². The van der Waals surface area contributed by atoms with Crippen molar-refractivity contribution >= 4 is 16.9 Å². The Kier molecular flexibility index (Phi) is 4.41. The summed E-state index contributed by atoms with van der Waals surface area (Å²) in [5, 5.41) is 4.45. The van der Waals surface area contributed by atoms with Crippen molar-refractivity contribution < 1.29 is 4.79 Å². The van der Waals surface area contributed by atoms with E-state index in [4.69, 9.17) is 0 Å². The highest BCUT2D eigenvalue weighted by atomic mass is 16.2. The number of benzene rings is 1. The van der Waals surface area contributed by atoms with Gasteiger partial charge in [0.15, 0.2) is 5.65 Å². The summed E-state index contributed by atoms with van der Waals surface area (Å²) in [5.41, 5.74) is 1.32. The van der Waals surface area contributed by atoms with Crippen molar-refractivity contribution in [2.45, 2.75) is 20.0 Å². The summed E-state index contributed by atoms with van der Waals surface area (Å²) < 4.78 is 2.87. The molecule has 124 valence electrons. The molecule has 0 bridgehead atoms. The van der Waals surface area contributed by atoms with Crippen molar-refractivity contribution in [2.75, 3.05) is 6.54 Å². The molecule has 7 nitrogen and oxygen atoms in total. The van der Waals surface area contributed by atoms with Gasteiger partial charge in [-0.1, -0.05) is 30.3 Å². The molecule has 0 atom stereocenters. The summed E-state index contributed by atoms with van der Waals surface area (Å²) in [4.78, 5) is 30.9. The molecule has 3 rings (SSSR count). The highest BCUT2D eigenvalue weighted by Gasteiger charge is 2.15. The van der Waals surface area contributed by atoms with Crippen molar-refractivity contribution in [3.05, 3.63) is 58.8 Å². The first-order valence-electron chi connectivity index (χ1n) is 7.79. The van der Waals surface area contributed by atoms with E-state index in [0.717, 1.165) is 5.56 Å². The Bertz CT molecular complexity index is 914. The van der Waals surface area contributed by atoms with Crippen LogP contribution in [0.5, 0.6) is 0 Å². The third-order valence-electron chi connectivity index (χ3n) is 3.97. The predicted molar refractivity (Wildman–Crippen MR) is 90.3 cm³/mol. The van der Waals surface area contributed by atoms with Crippen molar-refractivity contribution in [2.24, 2.45) is 7.05 Å². The Morgan fingerprint density at radius 2 is 2.00 bits per heavy atom. The molecule has 0 aliphatic heterocycles. The predicted octanol–water partition coefficient (Wildman–Crippen LogP) is 1.18. The SMILES string of the molecule is CCN(Cc1ccccc1)C(=O)Cn1cnc2c(cnn2C)c1=O. The first-order valence-corrected chi connectivity index (χ1v) is 7.79. The van der Waals surface area contributed by atoms with Gasteiger partial charge in [-0.3, -0.25) is 18.8 Å². The van der Waals surface area contributed by atoms with Crippen molar-refractivity contribution in [1.82, 2.24) is 24.2 Å². The zero-order chi connectivity index (χ0) is 17.1. The molecule has 0 aliphatic rings. The maximum atomic E-state index is 12.6. The second kappa shape index (κ2) is 6.66. The monoisotopic (exact) mass is 325 g/mol. The van der Waals surface area contributed by atoms with E-state index in [1.807, 2.05) is 37.3 Å². The number of hydrogen-bond donors (Lipinski definition) is 0. The van der Waals surface area contributed by atoms with Crippen molar-refractivity contribution in [1.29, 1.82) is 0 Å². The minimum Gasteiger partial charge on any atom is -0.337 e. The maximum Gasteiger partial charge on any atom is 0.264 e. The molecule has 7 heteroatoms. The first kappa shape index (κ1) is 15.9. The smallest absolute Gasteiger partial charge is 0.264 e. The molecule has 1 amide bonds. The quantitative estimate of drug-likeness (QED) is 0.706. The number of likely N-dealkylation sites (N-methyl/N-ethyl adjacent to an activating group) is 1. The van der Waals surface area contributed by atoms with Gasteiger partial charge in [0.05, 0.1) is 6.20 Å². The Balaban J connectivity index is 1.80. The fraction of sp³-hybridized carbons (Fsp3) is 0.294. The minimum atomic E-state index is -0.253. The minimum absolute atomic E-state index is 0.0304. The van der Waals surface area contributed by atoms with Crippen LogP contribution >= 0.6 is 0 Å². The summed E-state index contributed by atoms with van der Waals surface area (Å²) in [5.74, 6) is -0.117. The van der Waals surface area contributed by atoms with Crippen LogP contribution in [0.1, 0.15) is 12.5 Å². The number of amides is 1. The van der Waals surface area contributed by atoms with Gasteiger partial charge in [0.1, 0.15) is 18.3 Å². The number of hydrogen-bond acceptors (Lipinski definition) is 4. The Morgan fingerprint density at radius 1 is 1.25 bits per heavy atom. The van der Waals surface area contributed by atoms with E-state index in [2.05, 4.69) is 10.1 Å². The van der Waals surface area contributed by atoms with Crippen LogP contribution in [-0.4, -0.2) is 36.7 Å². The lowest BCUT2D eigenvalue weighted by molar-refractivity contribution is -0.132. The normalized spacial score (nSPS) is 10.9. The number of nitrogens with zero attached hydrogens (tertiary/aromatic N) is 5. The molecule has 1 aromatic carbocycles. The molecule has 0 fully saturated rings. The lowest BCUT2D eigenvalue weighted by Crippen LogP contribution is -2.36. The lowest BCUT2D eigenvalue weighted by atomic mass is 10.2. The van der Waals surface area contributed by atoms with Gasteiger partial charge >= 0.3 is 0 Å². The Morgan fingerprint density at radius 3 is 2.71 bits per heavy atom. The van der Waals surface area contributed by atoms with Crippen LogP contribution in [0.3, 0.4) is 0 Å². The van der Waals surface area contributed by atoms with Crippen LogP contribution in [-0.2, 0) is 24.9 Å². The van der Waals surface area contributed by atoms with Gasteiger partial charge < -0.3 is 4.90 Å². The number of aromatic nitrogens is 4. The summed E-state index contributed by atoms with van der Waals surface area (Å²) in [6.45, 7) is 2.99. The van der Waals surface area contributed by atoms with Gasteiger partial charge in [-0.05, 0) is 12.5 Å². The number of fused-ring (bicyclic) bond motifs is 1. The second-order valence-corrected chi connectivity index (χ2v) is 5.58. The molecule has 2 heterocycles. The lowest BCUT2D eigenvalue weighted by Gasteiger charge is -2.21. The van der Waals surface area contributed by atoms with Gasteiger partial charge in [0, 0.05) is 20.1 Å². The highest BCUT2D eigenvalue weighted by molar-refractivity contribution is 5.77. The molecule has 2 aromatic heterocycles. The van der Waals surface area contributed by atoms with E-state index < -0.39 is 0 Å². The highest BCUT2D eigenvalue weighted by Crippen LogP contribution is 2.06. The van der Waals surface area contributed by atoms with Gasteiger partial charge in [0.2, 0.25) is 5.91 Å². The second-order valence-electron chi connectivity index (χ2n) is 5.58. The summed E-state index contributed by atoms with van der Waals surface area (Å²) in [6.07, 6.45) is 2.88. The molecule has 0 saturated heterocycles. The van der Waals surface area contributed by atoms with Crippen LogP contribution in [0.2, 0.25) is 0 Å². The van der Waals surface area contributed by atoms with Crippen molar-refractivity contribution in [3.8, 4) is 0 Å². The Labute approximate surface area is 139 Å². The Hall–Kier alpha value is -2.96. The number of carbonyl (C=O) groups excluding carboxylic acids is 1.